The number of aryl methyl sites for hydroxylation is 1. The molecule has 0 saturated heterocycles. The maximum Gasteiger partial charge on any atom is 0.0515 e. The van der Waals surface area contributed by atoms with Crippen molar-refractivity contribution in [3.05, 3.63) is 69.2 Å². The summed E-state index contributed by atoms with van der Waals surface area (Å²) in [6.07, 6.45) is 0.694. The van der Waals surface area contributed by atoms with E-state index in [1.165, 1.54) is 0 Å². The van der Waals surface area contributed by atoms with Gasteiger partial charge in [0.05, 0.1) is 6.04 Å². The lowest BCUT2D eigenvalue weighted by atomic mass is 9.98. The summed E-state index contributed by atoms with van der Waals surface area (Å²) in [7, 11) is 0. The maximum atomic E-state index is 6.26. The molecule has 2 aromatic rings. The molecule has 0 aliphatic carbocycles. The van der Waals surface area contributed by atoms with Crippen LogP contribution in [0.15, 0.2) is 42.5 Å². The molecule has 0 radical (unpaired) electrons. The Hall–Kier alpha value is -1.06. The van der Waals surface area contributed by atoms with Crippen LogP contribution in [0.4, 0.5) is 0 Å². The van der Waals surface area contributed by atoms with Gasteiger partial charge in [-0.3, -0.25) is 11.3 Å². The van der Waals surface area contributed by atoms with Crippen molar-refractivity contribution in [1.29, 1.82) is 0 Å². The van der Waals surface area contributed by atoms with Gasteiger partial charge in [-0.25, -0.2) is 0 Å². The van der Waals surface area contributed by atoms with E-state index in [1.54, 1.807) is 0 Å². The molecule has 0 aliphatic rings. The van der Waals surface area contributed by atoms with E-state index in [4.69, 9.17) is 29.0 Å². The van der Waals surface area contributed by atoms with E-state index >= 15 is 0 Å². The van der Waals surface area contributed by atoms with E-state index in [0.29, 0.717) is 11.4 Å². The second kappa shape index (κ2) is 6.40. The summed E-state index contributed by atoms with van der Waals surface area (Å²) in [5.41, 5.74) is 5.98. The van der Waals surface area contributed by atoms with Crippen LogP contribution < -0.4 is 11.3 Å². The number of hydrazine groups is 1. The monoisotopic (exact) mass is 294 g/mol. The highest BCUT2D eigenvalue weighted by Crippen LogP contribution is 2.28. The summed E-state index contributed by atoms with van der Waals surface area (Å²) in [5, 5.41) is 1.46. The van der Waals surface area contributed by atoms with Crippen molar-refractivity contribution >= 4 is 23.2 Å². The van der Waals surface area contributed by atoms with E-state index < -0.39 is 0 Å². The minimum Gasteiger partial charge on any atom is -0.271 e. The average Bonchev–Trinajstić information content (AvgIpc) is 2.39. The molecule has 2 aromatic carbocycles. The first-order chi connectivity index (χ1) is 9.11. The zero-order valence-electron chi connectivity index (χ0n) is 10.7. The molecule has 0 aliphatic heterocycles. The molecular weight excluding hydrogens is 279 g/mol. The van der Waals surface area contributed by atoms with Gasteiger partial charge in [0.2, 0.25) is 0 Å². The molecule has 2 nitrogen and oxygen atoms in total. The molecule has 1 atom stereocenters. The van der Waals surface area contributed by atoms with Crippen molar-refractivity contribution < 1.29 is 0 Å². The van der Waals surface area contributed by atoms with Gasteiger partial charge < -0.3 is 0 Å². The fourth-order valence-electron chi connectivity index (χ4n) is 2.05. The third-order valence-electron chi connectivity index (χ3n) is 3.11. The number of hydrogen-bond acceptors (Lipinski definition) is 2. The summed E-state index contributed by atoms with van der Waals surface area (Å²) in [5.74, 6) is 5.65. The van der Waals surface area contributed by atoms with E-state index in [1.807, 2.05) is 49.4 Å². The van der Waals surface area contributed by atoms with Crippen LogP contribution in [0.1, 0.15) is 22.7 Å². The van der Waals surface area contributed by atoms with Gasteiger partial charge >= 0.3 is 0 Å². The Bertz CT molecular complexity index is 570. The number of nitrogens with one attached hydrogen (secondary N) is 1. The van der Waals surface area contributed by atoms with Gasteiger partial charge in [-0.2, -0.15) is 0 Å². The highest BCUT2D eigenvalue weighted by Gasteiger charge is 2.15. The molecule has 0 heterocycles. The van der Waals surface area contributed by atoms with Gasteiger partial charge in [0.15, 0.2) is 0 Å². The minimum absolute atomic E-state index is 0.0612. The average molecular weight is 295 g/mol. The highest BCUT2D eigenvalue weighted by atomic mass is 35.5. The van der Waals surface area contributed by atoms with Crippen LogP contribution >= 0.6 is 23.2 Å². The van der Waals surface area contributed by atoms with Crippen molar-refractivity contribution in [1.82, 2.24) is 5.43 Å². The van der Waals surface area contributed by atoms with Crippen molar-refractivity contribution in [3.63, 3.8) is 0 Å². The third-order valence-corrected chi connectivity index (χ3v) is 3.81. The highest BCUT2D eigenvalue weighted by molar-refractivity contribution is 6.31. The van der Waals surface area contributed by atoms with Crippen LogP contribution in [-0.2, 0) is 6.42 Å². The largest absolute Gasteiger partial charge is 0.271 e. The van der Waals surface area contributed by atoms with Crippen molar-refractivity contribution in [3.8, 4) is 0 Å². The minimum atomic E-state index is -0.0612. The van der Waals surface area contributed by atoms with Gasteiger partial charge in [0.25, 0.3) is 0 Å². The second-order valence-corrected chi connectivity index (χ2v) is 5.35. The Balaban J connectivity index is 2.27. The Morgan fingerprint density at radius 3 is 2.47 bits per heavy atom. The molecule has 2 rings (SSSR count). The SMILES string of the molecule is Cc1ccc(CC(NN)c2ccccc2Cl)c(Cl)c1. The zero-order chi connectivity index (χ0) is 13.8. The third kappa shape index (κ3) is 3.48. The van der Waals surface area contributed by atoms with Gasteiger partial charge in [-0.05, 0) is 42.2 Å². The van der Waals surface area contributed by atoms with Crippen LogP contribution in [0.25, 0.3) is 0 Å². The fraction of sp³-hybridized carbons (Fsp3) is 0.200. The van der Waals surface area contributed by atoms with Crippen molar-refractivity contribution in [2.24, 2.45) is 5.84 Å². The van der Waals surface area contributed by atoms with Gasteiger partial charge in [-0.1, -0.05) is 53.5 Å². The lowest BCUT2D eigenvalue weighted by molar-refractivity contribution is 0.552. The molecule has 0 fully saturated rings. The van der Waals surface area contributed by atoms with Gasteiger partial charge in [-0.15, -0.1) is 0 Å². The van der Waals surface area contributed by atoms with Crippen LogP contribution in [0, 0.1) is 6.92 Å². The molecule has 19 heavy (non-hydrogen) atoms. The predicted octanol–water partition coefficient (Wildman–Crippen LogP) is 4.05. The Kier molecular flexibility index (Phi) is 4.83. The number of halogens is 2. The van der Waals surface area contributed by atoms with Gasteiger partial charge in [0, 0.05) is 10.0 Å². The summed E-state index contributed by atoms with van der Waals surface area (Å²) in [4.78, 5) is 0. The van der Waals surface area contributed by atoms with Crippen LogP contribution in [0.5, 0.6) is 0 Å². The van der Waals surface area contributed by atoms with Gasteiger partial charge in [0.1, 0.15) is 0 Å². The van der Waals surface area contributed by atoms with Crippen LogP contribution in [-0.4, -0.2) is 0 Å². The van der Waals surface area contributed by atoms with E-state index in [9.17, 15) is 0 Å². The Morgan fingerprint density at radius 2 is 1.84 bits per heavy atom. The standard InChI is InChI=1S/C15H16Cl2N2/c1-10-6-7-11(14(17)8-10)9-15(19-18)12-4-2-3-5-13(12)16/h2-8,15,19H,9,18H2,1H3. The quantitative estimate of drug-likeness (QED) is 0.659. The maximum absolute atomic E-state index is 6.26. The number of hydrogen-bond donors (Lipinski definition) is 2. The molecule has 100 valence electrons. The first kappa shape index (κ1) is 14.4. The molecule has 1 unspecified atom stereocenters. The summed E-state index contributed by atoms with van der Waals surface area (Å²) in [6.45, 7) is 2.02. The molecule has 0 saturated carbocycles. The summed E-state index contributed by atoms with van der Waals surface area (Å²) >= 11 is 12.5. The lowest BCUT2D eigenvalue weighted by Gasteiger charge is -2.18. The van der Waals surface area contributed by atoms with E-state index in [-0.39, 0.29) is 6.04 Å². The topological polar surface area (TPSA) is 38.0 Å². The Labute approximate surface area is 123 Å². The van der Waals surface area contributed by atoms with Crippen LogP contribution in [0.2, 0.25) is 10.0 Å². The molecule has 0 amide bonds. The normalized spacial score (nSPS) is 12.4. The lowest BCUT2D eigenvalue weighted by Crippen LogP contribution is -2.29. The smallest absolute Gasteiger partial charge is 0.0515 e. The van der Waals surface area contributed by atoms with Crippen LogP contribution in [0.3, 0.4) is 0 Å². The Morgan fingerprint density at radius 1 is 1.11 bits per heavy atom. The predicted molar refractivity (Wildman–Crippen MR) is 81.4 cm³/mol. The number of nitrogens with two attached hydrogens (primary N) is 1. The van der Waals surface area contributed by atoms with Crippen molar-refractivity contribution in [2.45, 2.75) is 19.4 Å². The number of benzene rings is 2. The summed E-state index contributed by atoms with van der Waals surface area (Å²) < 4.78 is 0. The second-order valence-electron chi connectivity index (χ2n) is 4.54. The molecule has 0 spiro atoms. The fourth-order valence-corrected chi connectivity index (χ4v) is 2.63. The zero-order valence-corrected chi connectivity index (χ0v) is 12.2. The molecule has 0 bridgehead atoms. The number of rotatable bonds is 4. The van der Waals surface area contributed by atoms with Crippen molar-refractivity contribution in [2.75, 3.05) is 0 Å². The van der Waals surface area contributed by atoms with E-state index in [2.05, 4.69) is 5.43 Å². The molecule has 0 aromatic heterocycles. The summed E-state index contributed by atoms with van der Waals surface area (Å²) in [6, 6.07) is 13.6. The van der Waals surface area contributed by atoms with E-state index in [0.717, 1.165) is 21.7 Å². The molecule has 3 N–H and O–H groups in total. The first-order valence-corrected chi connectivity index (χ1v) is 6.83. The first-order valence-electron chi connectivity index (χ1n) is 6.07. The molecular formula is C15H16Cl2N2. The molecule has 4 heteroatoms.